The van der Waals surface area contributed by atoms with E-state index in [1.807, 2.05) is 0 Å². The van der Waals surface area contributed by atoms with Gasteiger partial charge in [0.1, 0.15) is 6.04 Å². The normalized spacial score (nSPS) is 29.7. The van der Waals surface area contributed by atoms with Crippen molar-refractivity contribution in [3.63, 3.8) is 0 Å². The molecule has 102 valence electrons. The first-order valence-electron chi connectivity index (χ1n) is 6.05. The van der Waals surface area contributed by atoms with Crippen LogP contribution in [0.2, 0.25) is 0 Å². The molecular weight excluding hydrogens is 256 g/mol. The maximum atomic E-state index is 12.2. The van der Waals surface area contributed by atoms with E-state index < -0.39 is 18.1 Å². The lowest BCUT2D eigenvalue weighted by Crippen LogP contribution is -2.48. The highest BCUT2D eigenvalue weighted by molar-refractivity contribution is 7.99. The van der Waals surface area contributed by atoms with Crippen LogP contribution in [0.1, 0.15) is 13.3 Å². The van der Waals surface area contributed by atoms with Crippen LogP contribution in [0.5, 0.6) is 0 Å². The number of aliphatic carboxylic acids is 1. The molecule has 2 heterocycles. The summed E-state index contributed by atoms with van der Waals surface area (Å²) < 4.78 is 0. The van der Waals surface area contributed by atoms with Crippen LogP contribution in [-0.4, -0.2) is 68.9 Å². The minimum absolute atomic E-state index is 0.104. The molecule has 0 aromatic rings. The van der Waals surface area contributed by atoms with Crippen LogP contribution in [-0.2, 0) is 4.79 Å². The van der Waals surface area contributed by atoms with Crippen LogP contribution >= 0.6 is 11.8 Å². The third-order valence-electron chi connectivity index (χ3n) is 3.59. The summed E-state index contributed by atoms with van der Waals surface area (Å²) in [5.74, 6) is 0.0486. The third-order valence-corrected chi connectivity index (χ3v) is 4.60. The van der Waals surface area contributed by atoms with Gasteiger partial charge in [0.25, 0.3) is 0 Å². The first-order valence-corrected chi connectivity index (χ1v) is 7.20. The van der Waals surface area contributed by atoms with E-state index in [2.05, 4.69) is 0 Å². The van der Waals surface area contributed by atoms with E-state index in [4.69, 9.17) is 5.11 Å². The number of carbonyl (C=O) groups excluding carboxylic acids is 1. The fraction of sp³-hybridized carbons (Fsp3) is 0.818. The number of carboxylic acid groups (broad SMARTS) is 1. The van der Waals surface area contributed by atoms with E-state index in [0.717, 1.165) is 6.42 Å². The van der Waals surface area contributed by atoms with Crippen LogP contribution in [0.3, 0.4) is 0 Å². The summed E-state index contributed by atoms with van der Waals surface area (Å²) in [6.07, 6.45) is 0.355. The molecule has 0 aromatic heterocycles. The molecular formula is C11H18N2O4S. The first kappa shape index (κ1) is 13.5. The number of urea groups is 1. The molecule has 0 aromatic carbocycles. The number of hydrogen-bond donors (Lipinski definition) is 2. The van der Waals surface area contributed by atoms with Crippen LogP contribution in [0.25, 0.3) is 0 Å². The third kappa shape index (κ3) is 2.56. The summed E-state index contributed by atoms with van der Waals surface area (Å²) in [6, 6.07) is -0.927. The van der Waals surface area contributed by atoms with Gasteiger partial charge in [0.15, 0.2) is 0 Å². The molecule has 0 bridgehead atoms. The number of nitrogens with zero attached hydrogens (tertiary/aromatic N) is 2. The smallest absolute Gasteiger partial charge is 0.327 e. The van der Waals surface area contributed by atoms with Crippen molar-refractivity contribution < 1.29 is 19.8 Å². The standard InChI is InChI=1S/C11H18N2O4S/c1-7(14)8-2-3-12(4-8)11(17)13-6-18-5-9(13)10(15)16/h7-9,14H,2-6H2,1H3,(H,15,16). The van der Waals surface area contributed by atoms with Crippen LogP contribution in [0, 0.1) is 5.92 Å². The van der Waals surface area contributed by atoms with Crippen LogP contribution in [0.4, 0.5) is 4.79 Å². The topological polar surface area (TPSA) is 81.1 Å². The van der Waals surface area contributed by atoms with Gasteiger partial charge in [0, 0.05) is 24.8 Å². The zero-order valence-corrected chi connectivity index (χ0v) is 11.1. The van der Waals surface area contributed by atoms with Gasteiger partial charge in [-0.2, -0.15) is 0 Å². The Morgan fingerprint density at radius 3 is 2.72 bits per heavy atom. The second kappa shape index (κ2) is 5.36. The first-order chi connectivity index (χ1) is 8.50. The van der Waals surface area contributed by atoms with E-state index in [-0.39, 0.29) is 11.9 Å². The predicted octanol–water partition coefficient (Wildman–Crippen LogP) is 0.269. The van der Waals surface area contributed by atoms with Gasteiger partial charge in [-0.05, 0) is 13.3 Å². The van der Waals surface area contributed by atoms with E-state index in [1.54, 1.807) is 11.8 Å². The van der Waals surface area contributed by atoms with Crippen molar-refractivity contribution in [2.75, 3.05) is 24.7 Å². The van der Waals surface area contributed by atoms with Crippen molar-refractivity contribution in [1.29, 1.82) is 0 Å². The number of hydrogen-bond acceptors (Lipinski definition) is 4. The molecule has 3 unspecified atom stereocenters. The predicted molar refractivity (Wildman–Crippen MR) is 67.3 cm³/mol. The summed E-state index contributed by atoms with van der Waals surface area (Å²) in [7, 11) is 0. The molecule has 0 saturated carbocycles. The zero-order chi connectivity index (χ0) is 13.3. The number of aliphatic hydroxyl groups is 1. The molecule has 2 saturated heterocycles. The van der Waals surface area contributed by atoms with Gasteiger partial charge in [-0.3, -0.25) is 0 Å². The monoisotopic (exact) mass is 274 g/mol. The zero-order valence-electron chi connectivity index (χ0n) is 10.3. The summed E-state index contributed by atoms with van der Waals surface area (Å²) in [5.41, 5.74) is 0. The molecule has 18 heavy (non-hydrogen) atoms. The minimum Gasteiger partial charge on any atom is -0.480 e. The highest BCUT2D eigenvalue weighted by Gasteiger charge is 2.39. The molecule has 2 aliphatic heterocycles. The maximum Gasteiger partial charge on any atom is 0.327 e. The summed E-state index contributed by atoms with van der Waals surface area (Å²) in [5, 5.41) is 18.6. The number of likely N-dealkylation sites (tertiary alicyclic amines) is 1. The van der Waals surface area contributed by atoms with Gasteiger partial charge in [0.05, 0.1) is 12.0 Å². The minimum atomic E-state index is -0.945. The Labute approximate surface area is 110 Å². The van der Waals surface area contributed by atoms with Crippen molar-refractivity contribution >= 4 is 23.8 Å². The Hall–Kier alpha value is -0.950. The second-order valence-corrected chi connectivity index (χ2v) is 5.84. The molecule has 6 nitrogen and oxygen atoms in total. The molecule has 0 radical (unpaired) electrons. The fourth-order valence-electron chi connectivity index (χ4n) is 2.37. The molecule has 0 spiro atoms. The van der Waals surface area contributed by atoms with Crippen molar-refractivity contribution in [2.24, 2.45) is 5.92 Å². The van der Waals surface area contributed by atoms with Crippen molar-refractivity contribution in [3.8, 4) is 0 Å². The Balaban J connectivity index is 1.98. The van der Waals surface area contributed by atoms with E-state index >= 15 is 0 Å². The van der Waals surface area contributed by atoms with E-state index in [9.17, 15) is 14.7 Å². The largest absolute Gasteiger partial charge is 0.480 e. The average molecular weight is 274 g/mol. The number of aliphatic hydroxyl groups excluding tert-OH is 1. The Morgan fingerprint density at radius 1 is 1.44 bits per heavy atom. The number of thioether (sulfide) groups is 1. The Bertz CT molecular complexity index is 350. The van der Waals surface area contributed by atoms with Gasteiger partial charge >= 0.3 is 12.0 Å². The summed E-state index contributed by atoms with van der Waals surface area (Å²) in [4.78, 5) is 26.3. The quantitative estimate of drug-likeness (QED) is 0.755. The molecule has 7 heteroatoms. The molecule has 2 fully saturated rings. The van der Waals surface area contributed by atoms with Crippen molar-refractivity contribution in [1.82, 2.24) is 9.80 Å². The molecule has 2 aliphatic rings. The van der Waals surface area contributed by atoms with Crippen molar-refractivity contribution in [3.05, 3.63) is 0 Å². The van der Waals surface area contributed by atoms with Crippen LogP contribution < -0.4 is 0 Å². The maximum absolute atomic E-state index is 12.2. The lowest BCUT2D eigenvalue weighted by Gasteiger charge is -2.27. The molecule has 3 atom stereocenters. The average Bonchev–Trinajstić information content (AvgIpc) is 2.97. The second-order valence-electron chi connectivity index (χ2n) is 4.84. The van der Waals surface area contributed by atoms with Gasteiger partial charge in [-0.1, -0.05) is 0 Å². The lowest BCUT2D eigenvalue weighted by atomic mass is 10.0. The lowest BCUT2D eigenvalue weighted by molar-refractivity contribution is -0.140. The molecule has 0 aliphatic carbocycles. The molecule has 2 rings (SSSR count). The highest BCUT2D eigenvalue weighted by atomic mass is 32.2. The molecule has 2 N–H and O–H groups in total. The van der Waals surface area contributed by atoms with Gasteiger partial charge in [0.2, 0.25) is 0 Å². The SMILES string of the molecule is CC(O)C1CCN(C(=O)N2CSCC2C(=O)O)C1. The van der Waals surface area contributed by atoms with Gasteiger partial charge in [-0.15, -0.1) is 11.8 Å². The fourth-order valence-corrected chi connectivity index (χ4v) is 3.51. The summed E-state index contributed by atoms with van der Waals surface area (Å²) >= 11 is 1.46. The van der Waals surface area contributed by atoms with E-state index in [0.29, 0.717) is 24.7 Å². The Kier molecular flexibility index (Phi) is 4.01. The van der Waals surface area contributed by atoms with Gasteiger partial charge < -0.3 is 20.0 Å². The number of carboxylic acids is 1. The molecule has 2 amide bonds. The number of rotatable bonds is 2. The van der Waals surface area contributed by atoms with E-state index in [1.165, 1.54) is 16.7 Å². The Morgan fingerprint density at radius 2 is 2.17 bits per heavy atom. The van der Waals surface area contributed by atoms with Gasteiger partial charge in [-0.25, -0.2) is 9.59 Å². The van der Waals surface area contributed by atoms with Crippen LogP contribution in [0.15, 0.2) is 0 Å². The van der Waals surface area contributed by atoms with Crippen molar-refractivity contribution in [2.45, 2.75) is 25.5 Å². The highest BCUT2D eigenvalue weighted by Crippen LogP contribution is 2.26. The summed E-state index contributed by atoms with van der Waals surface area (Å²) in [6.45, 7) is 2.84. The number of amides is 2. The number of carbonyl (C=O) groups is 2.